The largest absolute Gasteiger partial charge is 0.380 e. The lowest BCUT2D eigenvalue weighted by Gasteiger charge is -2.18. The Kier molecular flexibility index (Phi) is 7.18. The van der Waals surface area contributed by atoms with E-state index in [4.69, 9.17) is 10.00 Å². The summed E-state index contributed by atoms with van der Waals surface area (Å²) in [6.45, 7) is 6.53. The molecule has 1 rings (SSSR count). The van der Waals surface area contributed by atoms with Crippen molar-refractivity contribution >= 4 is 0 Å². The molecule has 1 aliphatic rings. The van der Waals surface area contributed by atoms with Crippen LogP contribution in [0.2, 0.25) is 0 Å². The molecule has 1 N–H and O–H groups in total. The molecule has 17 heavy (non-hydrogen) atoms. The van der Waals surface area contributed by atoms with Crippen LogP contribution in [0.25, 0.3) is 0 Å². The standard InChI is InChI=1S/C13H25N3O/c1-3-15-13(10-14)6-7-16(2)8-9-17-11-12-4-5-12/h12-13,15H,3-9,11H2,1-2H3. The summed E-state index contributed by atoms with van der Waals surface area (Å²) in [5, 5.41) is 12.1. The zero-order valence-electron chi connectivity index (χ0n) is 11.1. The summed E-state index contributed by atoms with van der Waals surface area (Å²) in [6, 6.07) is 2.26. The normalized spacial score (nSPS) is 17.1. The van der Waals surface area contributed by atoms with Crippen LogP contribution in [0.4, 0.5) is 0 Å². The molecule has 98 valence electrons. The van der Waals surface area contributed by atoms with Crippen molar-refractivity contribution in [2.75, 3.05) is 39.9 Å². The molecule has 0 spiro atoms. The summed E-state index contributed by atoms with van der Waals surface area (Å²) in [4.78, 5) is 2.23. The molecule has 4 heteroatoms. The van der Waals surface area contributed by atoms with E-state index in [2.05, 4.69) is 23.3 Å². The highest BCUT2D eigenvalue weighted by Crippen LogP contribution is 2.28. The van der Waals surface area contributed by atoms with Gasteiger partial charge in [0.25, 0.3) is 0 Å². The van der Waals surface area contributed by atoms with Crippen LogP contribution in [-0.2, 0) is 4.74 Å². The van der Waals surface area contributed by atoms with Gasteiger partial charge in [-0.05, 0) is 38.8 Å². The second-order valence-electron chi connectivity index (χ2n) is 4.85. The molecule has 0 heterocycles. The molecule has 0 saturated heterocycles. The molecule has 1 saturated carbocycles. The Morgan fingerprint density at radius 1 is 1.47 bits per heavy atom. The van der Waals surface area contributed by atoms with Gasteiger partial charge in [0.15, 0.2) is 0 Å². The Labute approximate surface area is 105 Å². The molecule has 1 aliphatic carbocycles. The van der Waals surface area contributed by atoms with E-state index in [1.807, 2.05) is 6.92 Å². The molecule has 0 amide bonds. The van der Waals surface area contributed by atoms with Crippen LogP contribution in [0, 0.1) is 17.2 Å². The number of hydrogen-bond donors (Lipinski definition) is 1. The zero-order valence-corrected chi connectivity index (χ0v) is 11.1. The highest BCUT2D eigenvalue weighted by Gasteiger charge is 2.20. The van der Waals surface area contributed by atoms with E-state index in [1.54, 1.807) is 0 Å². The minimum absolute atomic E-state index is 0.0187. The molecule has 4 nitrogen and oxygen atoms in total. The molecular weight excluding hydrogens is 214 g/mol. The van der Waals surface area contributed by atoms with Crippen LogP contribution in [-0.4, -0.2) is 50.8 Å². The van der Waals surface area contributed by atoms with E-state index >= 15 is 0 Å². The molecule has 1 atom stereocenters. The summed E-state index contributed by atoms with van der Waals surface area (Å²) in [6.07, 6.45) is 3.58. The van der Waals surface area contributed by atoms with Gasteiger partial charge in [-0.1, -0.05) is 6.92 Å². The molecule has 1 unspecified atom stereocenters. The van der Waals surface area contributed by atoms with Gasteiger partial charge in [-0.3, -0.25) is 0 Å². The summed E-state index contributed by atoms with van der Waals surface area (Å²) in [5.41, 5.74) is 0. The topological polar surface area (TPSA) is 48.3 Å². The first-order valence-corrected chi connectivity index (χ1v) is 6.65. The van der Waals surface area contributed by atoms with Crippen molar-refractivity contribution in [2.24, 2.45) is 5.92 Å². The van der Waals surface area contributed by atoms with Gasteiger partial charge < -0.3 is 15.0 Å². The van der Waals surface area contributed by atoms with Crippen molar-refractivity contribution in [3.8, 4) is 6.07 Å². The number of likely N-dealkylation sites (N-methyl/N-ethyl adjacent to an activating group) is 1. The molecule has 0 aromatic heterocycles. The maximum atomic E-state index is 8.90. The fraction of sp³-hybridized carbons (Fsp3) is 0.923. The van der Waals surface area contributed by atoms with E-state index < -0.39 is 0 Å². The van der Waals surface area contributed by atoms with E-state index in [0.29, 0.717) is 0 Å². The molecule has 0 bridgehead atoms. The van der Waals surface area contributed by atoms with E-state index in [1.165, 1.54) is 12.8 Å². The first-order chi connectivity index (χ1) is 8.26. The molecule has 0 aromatic rings. The monoisotopic (exact) mass is 239 g/mol. The average Bonchev–Trinajstić information content (AvgIpc) is 3.14. The Hall–Kier alpha value is -0.630. The summed E-state index contributed by atoms with van der Waals surface area (Å²) < 4.78 is 5.59. The second kappa shape index (κ2) is 8.46. The summed E-state index contributed by atoms with van der Waals surface area (Å²) >= 11 is 0. The summed E-state index contributed by atoms with van der Waals surface area (Å²) in [5.74, 6) is 0.844. The maximum Gasteiger partial charge on any atom is 0.0965 e. The smallest absolute Gasteiger partial charge is 0.0965 e. The predicted molar refractivity (Wildman–Crippen MR) is 68.7 cm³/mol. The lowest BCUT2D eigenvalue weighted by atomic mass is 10.2. The lowest BCUT2D eigenvalue weighted by molar-refractivity contribution is 0.103. The first-order valence-electron chi connectivity index (χ1n) is 6.65. The number of nitrogens with zero attached hydrogens (tertiary/aromatic N) is 2. The van der Waals surface area contributed by atoms with Crippen LogP contribution < -0.4 is 5.32 Å². The van der Waals surface area contributed by atoms with Gasteiger partial charge in [0, 0.05) is 19.7 Å². The number of nitrogens with one attached hydrogen (secondary N) is 1. The van der Waals surface area contributed by atoms with Crippen LogP contribution in [0.5, 0.6) is 0 Å². The van der Waals surface area contributed by atoms with Crippen LogP contribution in [0.15, 0.2) is 0 Å². The fourth-order valence-corrected chi connectivity index (χ4v) is 1.67. The minimum Gasteiger partial charge on any atom is -0.380 e. The van der Waals surface area contributed by atoms with Crippen molar-refractivity contribution in [2.45, 2.75) is 32.2 Å². The zero-order chi connectivity index (χ0) is 12.5. The average molecular weight is 239 g/mol. The van der Waals surface area contributed by atoms with Gasteiger partial charge in [-0.25, -0.2) is 0 Å². The van der Waals surface area contributed by atoms with E-state index in [0.717, 1.165) is 45.2 Å². The third kappa shape index (κ3) is 7.32. The highest BCUT2D eigenvalue weighted by atomic mass is 16.5. The Morgan fingerprint density at radius 2 is 2.24 bits per heavy atom. The number of ether oxygens (including phenoxy) is 1. The molecule has 0 aliphatic heterocycles. The van der Waals surface area contributed by atoms with Gasteiger partial charge in [0.05, 0.1) is 18.7 Å². The molecule has 1 fully saturated rings. The Morgan fingerprint density at radius 3 is 2.82 bits per heavy atom. The van der Waals surface area contributed by atoms with E-state index in [9.17, 15) is 0 Å². The van der Waals surface area contributed by atoms with Crippen molar-refractivity contribution in [1.82, 2.24) is 10.2 Å². The fourth-order valence-electron chi connectivity index (χ4n) is 1.67. The quantitative estimate of drug-likeness (QED) is 0.583. The lowest BCUT2D eigenvalue weighted by Crippen LogP contribution is -2.33. The molecule has 0 aromatic carbocycles. The Balaban J connectivity index is 1.95. The van der Waals surface area contributed by atoms with Crippen molar-refractivity contribution in [3.63, 3.8) is 0 Å². The van der Waals surface area contributed by atoms with Crippen molar-refractivity contribution < 1.29 is 4.74 Å². The predicted octanol–water partition coefficient (Wildman–Crippen LogP) is 1.24. The molecular formula is C13H25N3O. The number of nitriles is 1. The van der Waals surface area contributed by atoms with Gasteiger partial charge in [-0.15, -0.1) is 0 Å². The first kappa shape index (κ1) is 14.4. The van der Waals surface area contributed by atoms with Crippen LogP contribution in [0.3, 0.4) is 0 Å². The second-order valence-corrected chi connectivity index (χ2v) is 4.85. The van der Waals surface area contributed by atoms with Gasteiger partial charge >= 0.3 is 0 Å². The van der Waals surface area contributed by atoms with Gasteiger partial charge in [0.2, 0.25) is 0 Å². The minimum atomic E-state index is -0.0187. The highest BCUT2D eigenvalue weighted by molar-refractivity contribution is 4.89. The van der Waals surface area contributed by atoms with E-state index in [-0.39, 0.29) is 6.04 Å². The number of rotatable bonds is 10. The van der Waals surface area contributed by atoms with Crippen molar-refractivity contribution in [3.05, 3.63) is 0 Å². The van der Waals surface area contributed by atoms with Gasteiger partial charge in [-0.2, -0.15) is 5.26 Å². The maximum absolute atomic E-state index is 8.90. The van der Waals surface area contributed by atoms with Crippen LogP contribution in [0.1, 0.15) is 26.2 Å². The summed E-state index contributed by atoms with van der Waals surface area (Å²) in [7, 11) is 2.08. The SMILES string of the molecule is CCNC(C#N)CCN(C)CCOCC1CC1. The Bertz CT molecular complexity index is 235. The van der Waals surface area contributed by atoms with Gasteiger partial charge in [0.1, 0.15) is 0 Å². The third-order valence-corrected chi connectivity index (χ3v) is 3.07. The number of hydrogen-bond acceptors (Lipinski definition) is 4. The van der Waals surface area contributed by atoms with Crippen molar-refractivity contribution in [1.29, 1.82) is 5.26 Å². The molecule has 0 radical (unpaired) electrons. The van der Waals surface area contributed by atoms with Crippen LogP contribution >= 0.6 is 0 Å². The third-order valence-electron chi connectivity index (χ3n) is 3.07.